The molecule has 0 atom stereocenters. The molecule has 1 heterocycles. The van der Waals surface area contributed by atoms with Crippen LogP contribution in [0.4, 0.5) is 0 Å². The van der Waals surface area contributed by atoms with Gasteiger partial charge in [0.25, 0.3) is 5.91 Å². The van der Waals surface area contributed by atoms with Crippen LogP contribution in [-0.2, 0) is 4.79 Å². The smallest absolute Gasteiger partial charge is 0.257 e. The maximum absolute atomic E-state index is 12.3. The van der Waals surface area contributed by atoms with Crippen LogP contribution in [0.2, 0.25) is 5.02 Å². The average Bonchev–Trinajstić information content (AvgIpc) is 2.33. The second kappa shape index (κ2) is 6.70. The van der Waals surface area contributed by atoms with Crippen molar-refractivity contribution in [3.63, 3.8) is 0 Å². The van der Waals surface area contributed by atoms with E-state index in [9.17, 15) is 9.59 Å². The summed E-state index contributed by atoms with van der Waals surface area (Å²) in [7, 11) is 0. The van der Waals surface area contributed by atoms with Gasteiger partial charge in [0.05, 0.1) is 17.1 Å². The number of likely N-dealkylation sites (N-methyl/N-ethyl adjacent to an activating group) is 1. The number of amides is 2. The number of rotatable bonds is 4. The van der Waals surface area contributed by atoms with E-state index >= 15 is 0 Å². The van der Waals surface area contributed by atoms with E-state index in [1.54, 1.807) is 6.07 Å². The Morgan fingerprint density at radius 2 is 2.05 bits per heavy atom. The molecule has 6 heteroatoms. The quantitative estimate of drug-likeness (QED) is 0.926. The van der Waals surface area contributed by atoms with E-state index in [1.807, 2.05) is 27.7 Å². The summed E-state index contributed by atoms with van der Waals surface area (Å²) < 4.78 is 0. The van der Waals surface area contributed by atoms with Gasteiger partial charge in [-0.2, -0.15) is 0 Å². The molecule has 1 N–H and O–H groups in total. The Bertz CT molecular complexity index is 497. The zero-order valence-corrected chi connectivity index (χ0v) is 13.0. The van der Waals surface area contributed by atoms with Crippen LogP contribution in [0.1, 0.15) is 38.1 Å². The van der Waals surface area contributed by atoms with E-state index in [1.165, 1.54) is 17.3 Å². The molecule has 20 heavy (non-hydrogen) atoms. The maximum atomic E-state index is 12.3. The predicted octanol–water partition coefficient (Wildman–Crippen LogP) is 2.11. The molecule has 0 aliphatic rings. The fraction of sp³-hybridized carbons (Fsp3) is 0.500. The van der Waals surface area contributed by atoms with Gasteiger partial charge in [0, 0.05) is 24.5 Å². The molecule has 1 rings (SSSR count). The highest BCUT2D eigenvalue weighted by molar-refractivity contribution is 6.33. The zero-order valence-electron chi connectivity index (χ0n) is 12.2. The Morgan fingerprint density at radius 1 is 1.40 bits per heavy atom. The molecule has 2 amide bonds. The fourth-order valence-corrected chi connectivity index (χ4v) is 1.85. The highest BCUT2D eigenvalue weighted by Crippen LogP contribution is 2.15. The normalized spacial score (nSPS) is 11.1. The van der Waals surface area contributed by atoms with Crippen LogP contribution in [0, 0.1) is 0 Å². The van der Waals surface area contributed by atoms with Gasteiger partial charge in [-0.3, -0.25) is 14.6 Å². The molecule has 0 unspecified atom stereocenters. The maximum Gasteiger partial charge on any atom is 0.257 e. The van der Waals surface area contributed by atoms with E-state index < -0.39 is 0 Å². The Morgan fingerprint density at radius 3 is 2.55 bits per heavy atom. The third-order valence-corrected chi connectivity index (χ3v) is 2.85. The van der Waals surface area contributed by atoms with Crippen molar-refractivity contribution in [1.82, 2.24) is 15.2 Å². The van der Waals surface area contributed by atoms with Gasteiger partial charge in [-0.25, -0.2) is 0 Å². The van der Waals surface area contributed by atoms with E-state index in [-0.39, 0.29) is 23.9 Å². The minimum atomic E-state index is -0.328. The number of hydrogen-bond acceptors (Lipinski definition) is 3. The third-order valence-electron chi connectivity index (χ3n) is 2.52. The van der Waals surface area contributed by atoms with Crippen molar-refractivity contribution in [3.8, 4) is 0 Å². The van der Waals surface area contributed by atoms with E-state index in [0.29, 0.717) is 17.1 Å². The van der Waals surface area contributed by atoms with Crippen LogP contribution in [0.15, 0.2) is 18.5 Å². The van der Waals surface area contributed by atoms with Crippen molar-refractivity contribution >= 4 is 23.4 Å². The molecule has 0 aromatic carbocycles. The van der Waals surface area contributed by atoms with E-state index in [2.05, 4.69) is 10.3 Å². The van der Waals surface area contributed by atoms with Crippen molar-refractivity contribution in [2.75, 3.05) is 13.1 Å². The van der Waals surface area contributed by atoms with Gasteiger partial charge < -0.3 is 10.2 Å². The third kappa shape index (κ3) is 4.81. The number of aromatic nitrogens is 1. The number of hydrogen-bond donors (Lipinski definition) is 1. The lowest BCUT2D eigenvalue weighted by atomic mass is 10.1. The van der Waals surface area contributed by atoms with Crippen LogP contribution in [0.5, 0.6) is 0 Å². The molecule has 5 nitrogen and oxygen atoms in total. The second-order valence-electron chi connectivity index (χ2n) is 5.47. The highest BCUT2D eigenvalue weighted by Gasteiger charge is 2.21. The molecule has 0 spiro atoms. The Balaban J connectivity index is 2.79. The molecule has 0 saturated carbocycles. The van der Waals surface area contributed by atoms with Crippen molar-refractivity contribution in [3.05, 3.63) is 29.0 Å². The number of carbonyl (C=O) groups is 2. The van der Waals surface area contributed by atoms with Crippen LogP contribution in [0.3, 0.4) is 0 Å². The molecule has 0 radical (unpaired) electrons. The largest absolute Gasteiger partial charge is 0.350 e. The number of pyridine rings is 1. The van der Waals surface area contributed by atoms with E-state index in [0.717, 1.165) is 0 Å². The van der Waals surface area contributed by atoms with Crippen molar-refractivity contribution in [2.45, 2.75) is 33.2 Å². The van der Waals surface area contributed by atoms with Gasteiger partial charge in [-0.15, -0.1) is 0 Å². The van der Waals surface area contributed by atoms with Gasteiger partial charge >= 0.3 is 0 Å². The predicted molar refractivity (Wildman–Crippen MR) is 78.7 cm³/mol. The molecule has 1 aromatic rings. The van der Waals surface area contributed by atoms with Crippen molar-refractivity contribution in [1.29, 1.82) is 0 Å². The lowest BCUT2D eigenvalue weighted by Gasteiger charge is -2.25. The van der Waals surface area contributed by atoms with Crippen LogP contribution >= 0.6 is 11.6 Å². The molecular formula is C14H20ClN3O2. The number of nitrogens with one attached hydrogen (secondary N) is 1. The average molecular weight is 298 g/mol. The number of nitrogens with zero attached hydrogens (tertiary/aromatic N) is 2. The minimum absolute atomic E-state index is 0.00216. The molecule has 0 fully saturated rings. The SMILES string of the molecule is CCN(CC(=O)NC(C)(C)C)C(=O)c1cnccc1Cl. The summed E-state index contributed by atoms with van der Waals surface area (Å²) in [6.45, 7) is 7.90. The van der Waals surface area contributed by atoms with Crippen LogP contribution in [0.25, 0.3) is 0 Å². The minimum Gasteiger partial charge on any atom is -0.350 e. The first-order chi connectivity index (χ1) is 9.24. The molecule has 0 saturated heterocycles. The number of halogens is 1. The summed E-state index contributed by atoms with van der Waals surface area (Å²) in [6.07, 6.45) is 2.93. The lowest BCUT2D eigenvalue weighted by molar-refractivity contribution is -0.123. The van der Waals surface area contributed by atoms with Crippen LogP contribution < -0.4 is 5.32 Å². The summed E-state index contributed by atoms with van der Waals surface area (Å²) in [4.78, 5) is 29.5. The van der Waals surface area contributed by atoms with Gasteiger partial charge in [0.1, 0.15) is 0 Å². The van der Waals surface area contributed by atoms with E-state index in [4.69, 9.17) is 11.6 Å². The molecule has 0 aliphatic carbocycles. The summed E-state index contributed by atoms with van der Waals surface area (Å²) in [5, 5.41) is 3.16. The molecule has 0 bridgehead atoms. The lowest BCUT2D eigenvalue weighted by Crippen LogP contribution is -2.47. The van der Waals surface area contributed by atoms with Gasteiger partial charge in [-0.05, 0) is 33.8 Å². The molecule has 0 aliphatic heterocycles. The Hall–Kier alpha value is -1.62. The van der Waals surface area contributed by atoms with Gasteiger partial charge in [0.2, 0.25) is 5.91 Å². The molecular weight excluding hydrogens is 278 g/mol. The molecule has 1 aromatic heterocycles. The highest BCUT2D eigenvalue weighted by atomic mass is 35.5. The summed E-state index contributed by atoms with van der Waals surface area (Å²) >= 11 is 5.98. The summed E-state index contributed by atoms with van der Waals surface area (Å²) in [6, 6.07) is 1.55. The van der Waals surface area contributed by atoms with Crippen molar-refractivity contribution in [2.24, 2.45) is 0 Å². The zero-order chi connectivity index (χ0) is 15.3. The molecule has 110 valence electrons. The second-order valence-corrected chi connectivity index (χ2v) is 5.88. The Labute approximate surface area is 124 Å². The monoisotopic (exact) mass is 297 g/mol. The topological polar surface area (TPSA) is 62.3 Å². The standard InChI is InChI=1S/C14H20ClN3O2/c1-5-18(9-12(19)17-14(2,3)4)13(20)10-8-16-7-6-11(10)15/h6-8H,5,9H2,1-4H3,(H,17,19). The summed E-state index contributed by atoms with van der Waals surface area (Å²) in [5.41, 5.74) is -0.0227. The first kappa shape index (κ1) is 16.4. The fourth-order valence-electron chi connectivity index (χ4n) is 1.66. The van der Waals surface area contributed by atoms with Crippen molar-refractivity contribution < 1.29 is 9.59 Å². The van der Waals surface area contributed by atoms with Gasteiger partial charge in [0.15, 0.2) is 0 Å². The first-order valence-corrected chi connectivity index (χ1v) is 6.82. The Kier molecular flexibility index (Phi) is 5.51. The van der Waals surface area contributed by atoms with Crippen LogP contribution in [-0.4, -0.2) is 40.3 Å². The first-order valence-electron chi connectivity index (χ1n) is 6.44. The number of carbonyl (C=O) groups excluding carboxylic acids is 2. The summed E-state index contributed by atoms with van der Waals surface area (Å²) in [5.74, 6) is -0.498. The van der Waals surface area contributed by atoms with Gasteiger partial charge in [-0.1, -0.05) is 11.6 Å².